The van der Waals surface area contributed by atoms with E-state index >= 15 is 0 Å². The molecular formula is C18H26BrNO. The van der Waals surface area contributed by atoms with Crippen molar-refractivity contribution in [2.45, 2.75) is 45.6 Å². The smallest absolute Gasteiger partial charge is 0.123 e. The average molecular weight is 352 g/mol. The molecule has 0 amide bonds. The van der Waals surface area contributed by atoms with E-state index in [1.54, 1.807) is 7.11 Å². The minimum absolute atomic E-state index is 0.428. The molecule has 1 aromatic carbocycles. The number of fused-ring (bicyclic) bond motifs is 2. The Balaban J connectivity index is 1.95. The summed E-state index contributed by atoms with van der Waals surface area (Å²) in [6, 6.07) is 4.86. The van der Waals surface area contributed by atoms with Gasteiger partial charge in [-0.05, 0) is 68.2 Å². The van der Waals surface area contributed by atoms with Gasteiger partial charge in [0, 0.05) is 16.1 Å². The van der Waals surface area contributed by atoms with Gasteiger partial charge in [0.1, 0.15) is 5.75 Å². The van der Waals surface area contributed by atoms with Crippen LogP contribution in [0.1, 0.15) is 49.8 Å². The largest absolute Gasteiger partial charge is 0.496 e. The van der Waals surface area contributed by atoms with Crippen molar-refractivity contribution in [1.29, 1.82) is 0 Å². The molecular weight excluding hydrogens is 326 g/mol. The summed E-state index contributed by atoms with van der Waals surface area (Å²) in [7, 11) is 1.79. The molecule has 0 radical (unpaired) electrons. The lowest BCUT2D eigenvalue weighted by Crippen LogP contribution is -2.31. The molecule has 2 nitrogen and oxygen atoms in total. The van der Waals surface area contributed by atoms with Crippen LogP contribution in [0.4, 0.5) is 0 Å². The molecule has 2 bridgehead atoms. The highest BCUT2D eigenvalue weighted by Crippen LogP contribution is 2.53. The first-order valence-corrected chi connectivity index (χ1v) is 9.00. The summed E-state index contributed by atoms with van der Waals surface area (Å²) < 4.78 is 6.87. The quantitative estimate of drug-likeness (QED) is 0.818. The van der Waals surface area contributed by atoms with Gasteiger partial charge in [0.15, 0.2) is 0 Å². The molecule has 21 heavy (non-hydrogen) atoms. The lowest BCUT2D eigenvalue weighted by molar-refractivity contribution is 0.248. The SMILES string of the molecule is CCNC(c1cc(Br)c(C)cc1OC)C1CC2CCC1C2. The Kier molecular flexibility index (Phi) is 4.60. The number of ether oxygens (including phenoxy) is 1. The maximum absolute atomic E-state index is 5.69. The van der Waals surface area contributed by atoms with Crippen molar-refractivity contribution in [3.63, 3.8) is 0 Å². The second-order valence-corrected chi connectivity index (χ2v) is 7.57. The first-order valence-electron chi connectivity index (χ1n) is 8.21. The third-order valence-electron chi connectivity index (χ3n) is 5.49. The molecule has 2 fully saturated rings. The molecule has 4 unspecified atom stereocenters. The van der Waals surface area contributed by atoms with Gasteiger partial charge in [-0.25, -0.2) is 0 Å². The van der Waals surface area contributed by atoms with E-state index in [-0.39, 0.29) is 0 Å². The topological polar surface area (TPSA) is 21.3 Å². The monoisotopic (exact) mass is 351 g/mol. The Bertz CT molecular complexity index is 516. The predicted molar refractivity (Wildman–Crippen MR) is 90.8 cm³/mol. The number of nitrogens with one attached hydrogen (secondary N) is 1. The van der Waals surface area contributed by atoms with Crippen LogP contribution >= 0.6 is 15.9 Å². The molecule has 3 rings (SSSR count). The highest BCUT2D eigenvalue weighted by Gasteiger charge is 2.43. The van der Waals surface area contributed by atoms with Crippen LogP contribution in [-0.2, 0) is 0 Å². The van der Waals surface area contributed by atoms with E-state index in [1.165, 1.54) is 41.3 Å². The van der Waals surface area contributed by atoms with Crippen LogP contribution in [-0.4, -0.2) is 13.7 Å². The molecule has 4 atom stereocenters. The van der Waals surface area contributed by atoms with Crippen molar-refractivity contribution in [2.24, 2.45) is 17.8 Å². The van der Waals surface area contributed by atoms with Crippen LogP contribution in [0.25, 0.3) is 0 Å². The Hall–Kier alpha value is -0.540. The molecule has 0 spiro atoms. The number of halogens is 1. The number of aryl methyl sites for hydroxylation is 1. The number of rotatable bonds is 5. The van der Waals surface area contributed by atoms with Crippen LogP contribution in [0.2, 0.25) is 0 Å². The molecule has 1 aromatic rings. The maximum Gasteiger partial charge on any atom is 0.123 e. The van der Waals surface area contributed by atoms with E-state index in [9.17, 15) is 0 Å². The van der Waals surface area contributed by atoms with Crippen molar-refractivity contribution in [3.8, 4) is 5.75 Å². The van der Waals surface area contributed by atoms with E-state index in [0.29, 0.717) is 6.04 Å². The molecule has 0 heterocycles. The van der Waals surface area contributed by atoms with Crippen molar-refractivity contribution < 1.29 is 4.74 Å². The molecule has 0 saturated heterocycles. The summed E-state index contributed by atoms with van der Waals surface area (Å²) >= 11 is 3.70. The molecule has 2 aliphatic carbocycles. The Morgan fingerprint density at radius 3 is 2.71 bits per heavy atom. The second-order valence-electron chi connectivity index (χ2n) is 6.72. The van der Waals surface area contributed by atoms with Gasteiger partial charge in [0.05, 0.1) is 7.11 Å². The third kappa shape index (κ3) is 2.87. The van der Waals surface area contributed by atoms with Gasteiger partial charge >= 0.3 is 0 Å². The van der Waals surface area contributed by atoms with Gasteiger partial charge in [0.25, 0.3) is 0 Å². The zero-order valence-electron chi connectivity index (χ0n) is 13.3. The van der Waals surface area contributed by atoms with E-state index < -0.39 is 0 Å². The minimum atomic E-state index is 0.428. The summed E-state index contributed by atoms with van der Waals surface area (Å²) in [6.45, 7) is 5.33. The molecule has 0 aliphatic heterocycles. The van der Waals surface area contributed by atoms with Gasteiger partial charge in [-0.2, -0.15) is 0 Å². The first-order chi connectivity index (χ1) is 10.1. The van der Waals surface area contributed by atoms with E-state index in [0.717, 1.165) is 30.0 Å². The number of benzene rings is 1. The predicted octanol–water partition coefficient (Wildman–Crippen LogP) is 4.85. The summed E-state index contributed by atoms with van der Waals surface area (Å²) in [5, 5.41) is 3.75. The normalized spacial score (nSPS) is 28.9. The third-order valence-corrected chi connectivity index (χ3v) is 6.35. The van der Waals surface area contributed by atoms with Crippen LogP contribution in [0.5, 0.6) is 5.75 Å². The van der Waals surface area contributed by atoms with Crippen LogP contribution in [0.3, 0.4) is 0 Å². The van der Waals surface area contributed by atoms with Crippen molar-refractivity contribution in [3.05, 3.63) is 27.7 Å². The maximum atomic E-state index is 5.69. The lowest BCUT2D eigenvalue weighted by atomic mass is 9.80. The second kappa shape index (κ2) is 6.29. The van der Waals surface area contributed by atoms with Crippen LogP contribution < -0.4 is 10.1 Å². The fourth-order valence-corrected chi connectivity index (χ4v) is 4.87. The zero-order valence-corrected chi connectivity index (χ0v) is 14.9. The molecule has 1 N–H and O–H groups in total. The fourth-order valence-electron chi connectivity index (χ4n) is 4.50. The van der Waals surface area contributed by atoms with Crippen LogP contribution in [0, 0.1) is 24.7 Å². The Morgan fingerprint density at radius 1 is 1.33 bits per heavy atom. The number of hydrogen-bond acceptors (Lipinski definition) is 2. The van der Waals surface area contributed by atoms with Gasteiger partial charge in [-0.1, -0.05) is 29.3 Å². The average Bonchev–Trinajstić information content (AvgIpc) is 3.10. The highest BCUT2D eigenvalue weighted by molar-refractivity contribution is 9.10. The number of hydrogen-bond donors (Lipinski definition) is 1. The van der Waals surface area contributed by atoms with E-state index in [4.69, 9.17) is 4.74 Å². The van der Waals surface area contributed by atoms with Gasteiger partial charge in [-0.3, -0.25) is 0 Å². The summed E-state index contributed by atoms with van der Waals surface area (Å²) in [5.74, 6) is 3.68. The Labute approximate surface area is 136 Å². The molecule has 2 aliphatic rings. The lowest BCUT2D eigenvalue weighted by Gasteiger charge is -2.32. The summed E-state index contributed by atoms with van der Waals surface area (Å²) in [6.07, 6.45) is 5.71. The first kappa shape index (κ1) is 15.4. The van der Waals surface area contributed by atoms with Gasteiger partial charge in [-0.15, -0.1) is 0 Å². The molecule has 2 saturated carbocycles. The summed E-state index contributed by atoms with van der Waals surface area (Å²) in [5.41, 5.74) is 2.56. The Morgan fingerprint density at radius 2 is 2.14 bits per heavy atom. The number of methoxy groups -OCH3 is 1. The zero-order chi connectivity index (χ0) is 15.0. The molecule has 116 valence electrons. The van der Waals surface area contributed by atoms with E-state index in [1.807, 2.05) is 0 Å². The van der Waals surface area contributed by atoms with Crippen molar-refractivity contribution >= 4 is 15.9 Å². The van der Waals surface area contributed by atoms with E-state index in [2.05, 4.69) is 47.2 Å². The van der Waals surface area contributed by atoms with Crippen molar-refractivity contribution in [1.82, 2.24) is 5.32 Å². The standard InChI is InChI=1S/C18H26BrNO/c1-4-20-18(14-9-12-5-6-13(14)8-12)15-10-16(19)11(2)7-17(15)21-3/h7,10,12-14,18,20H,4-6,8-9H2,1-3H3. The minimum Gasteiger partial charge on any atom is -0.496 e. The molecule has 0 aromatic heterocycles. The fraction of sp³-hybridized carbons (Fsp3) is 0.667. The highest BCUT2D eigenvalue weighted by atomic mass is 79.9. The molecule has 3 heteroatoms. The van der Waals surface area contributed by atoms with Crippen molar-refractivity contribution in [2.75, 3.05) is 13.7 Å². The summed E-state index contributed by atoms with van der Waals surface area (Å²) in [4.78, 5) is 0. The van der Waals surface area contributed by atoms with Gasteiger partial charge < -0.3 is 10.1 Å². The van der Waals surface area contributed by atoms with Gasteiger partial charge in [0.2, 0.25) is 0 Å². The van der Waals surface area contributed by atoms with Crippen LogP contribution in [0.15, 0.2) is 16.6 Å².